The summed E-state index contributed by atoms with van der Waals surface area (Å²) in [6.45, 7) is 8.04. The molecule has 66 valence electrons. The summed E-state index contributed by atoms with van der Waals surface area (Å²) in [4.78, 5) is 0. The Labute approximate surface area is 74.9 Å². The summed E-state index contributed by atoms with van der Waals surface area (Å²) in [6, 6.07) is 6.56. The van der Waals surface area contributed by atoms with Gasteiger partial charge in [-0.2, -0.15) is 0 Å². The molecule has 0 heterocycles. The van der Waals surface area contributed by atoms with Crippen molar-refractivity contribution in [1.82, 2.24) is 0 Å². The fourth-order valence-electron chi connectivity index (χ4n) is 1.20. The summed E-state index contributed by atoms with van der Waals surface area (Å²) >= 11 is 0. The number of aryl methyl sites for hydroxylation is 3. The topological polar surface area (TPSA) is 23.9 Å². The van der Waals surface area contributed by atoms with Crippen molar-refractivity contribution >= 4 is 6.21 Å². The van der Waals surface area contributed by atoms with E-state index in [4.69, 9.17) is 5.41 Å². The van der Waals surface area contributed by atoms with E-state index in [1.807, 2.05) is 0 Å². The Kier molecular flexibility index (Phi) is 5.02. The fourth-order valence-corrected chi connectivity index (χ4v) is 1.20. The molecule has 0 aliphatic carbocycles. The van der Waals surface area contributed by atoms with Crippen LogP contribution in [0.1, 0.15) is 23.6 Å². The van der Waals surface area contributed by atoms with Gasteiger partial charge < -0.3 is 5.41 Å². The first-order valence-corrected chi connectivity index (χ1v) is 4.10. The van der Waals surface area contributed by atoms with Gasteiger partial charge in [-0.25, -0.2) is 0 Å². The summed E-state index contributed by atoms with van der Waals surface area (Å²) in [7, 11) is 0. The molecule has 1 aromatic rings. The van der Waals surface area contributed by atoms with Crippen LogP contribution >= 0.6 is 0 Å². The molecule has 0 saturated heterocycles. The molecule has 1 N–H and O–H groups in total. The molecule has 0 radical (unpaired) electrons. The molecule has 0 aliphatic heterocycles. The second kappa shape index (κ2) is 5.53. The van der Waals surface area contributed by atoms with Gasteiger partial charge in [0, 0.05) is 0 Å². The zero-order chi connectivity index (χ0) is 9.56. The third-order valence-corrected chi connectivity index (χ3v) is 1.37. The number of rotatable bonds is 0. The monoisotopic (exact) mass is 163 g/mol. The van der Waals surface area contributed by atoms with Crippen LogP contribution in [0.15, 0.2) is 18.2 Å². The number of hydrogen-bond donors (Lipinski definition) is 1. The predicted octanol–water partition coefficient (Wildman–Crippen LogP) is 3.27. The van der Waals surface area contributed by atoms with Crippen molar-refractivity contribution in [2.75, 3.05) is 0 Å². The molecule has 0 unspecified atom stereocenters. The Morgan fingerprint density at radius 1 is 0.917 bits per heavy atom. The fraction of sp³-hybridized carbons (Fsp3) is 0.364. The van der Waals surface area contributed by atoms with Crippen molar-refractivity contribution < 1.29 is 0 Å². The molecule has 12 heavy (non-hydrogen) atoms. The standard InChI is InChI=1S/C9H12.C2H5N/c1-7-4-8(2)6-9(3)5-7;1-2-3/h4-6H,1-3H3;2-3H,1H3. The normalized spacial score (nSPS) is 8.33. The van der Waals surface area contributed by atoms with E-state index < -0.39 is 0 Å². The molecule has 0 spiro atoms. The van der Waals surface area contributed by atoms with Crippen LogP contribution in [0.2, 0.25) is 0 Å². The summed E-state index contributed by atoms with van der Waals surface area (Å²) in [5, 5.41) is 6.08. The molecule has 1 nitrogen and oxygen atoms in total. The van der Waals surface area contributed by atoms with Crippen LogP contribution in [0.25, 0.3) is 0 Å². The molecule has 0 atom stereocenters. The summed E-state index contributed by atoms with van der Waals surface area (Å²) in [5.74, 6) is 0. The van der Waals surface area contributed by atoms with Crippen molar-refractivity contribution in [3.8, 4) is 0 Å². The van der Waals surface area contributed by atoms with Crippen molar-refractivity contribution in [3.63, 3.8) is 0 Å². The Bertz CT molecular complexity index is 201. The van der Waals surface area contributed by atoms with E-state index in [1.54, 1.807) is 6.92 Å². The molecular weight excluding hydrogens is 146 g/mol. The quantitative estimate of drug-likeness (QED) is 0.568. The number of hydrogen-bond acceptors (Lipinski definition) is 1. The van der Waals surface area contributed by atoms with Crippen LogP contribution in [0.5, 0.6) is 0 Å². The average molecular weight is 163 g/mol. The van der Waals surface area contributed by atoms with Gasteiger partial charge in [0.15, 0.2) is 0 Å². The van der Waals surface area contributed by atoms with Gasteiger partial charge in [0.1, 0.15) is 0 Å². The van der Waals surface area contributed by atoms with Gasteiger partial charge in [-0.1, -0.05) is 34.9 Å². The lowest BCUT2D eigenvalue weighted by atomic mass is 10.1. The van der Waals surface area contributed by atoms with Gasteiger partial charge in [0.25, 0.3) is 0 Å². The molecule has 0 saturated carbocycles. The van der Waals surface area contributed by atoms with Gasteiger partial charge in [-0.05, 0) is 33.9 Å². The van der Waals surface area contributed by atoms with Gasteiger partial charge in [0.2, 0.25) is 0 Å². The third kappa shape index (κ3) is 4.67. The maximum atomic E-state index is 6.08. The maximum absolute atomic E-state index is 6.08. The lowest BCUT2D eigenvalue weighted by Gasteiger charge is -1.96. The summed E-state index contributed by atoms with van der Waals surface area (Å²) in [6.07, 6.45) is 1.25. The van der Waals surface area contributed by atoms with E-state index in [0.29, 0.717) is 0 Å². The molecule has 0 bridgehead atoms. The van der Waals surface area contributed by atoms with Crippen molar-refractivity contribution in [1.29, 1.82) is 5.41 Å². The first-order chi connectivity index (χ1) is 5.60. The molecular formula is C11H17N. The Balaban J connectivity index is 0.000000354. The van der Waals surface area contributed by atoms with Gasteiger partial charge in [-0.15, -0.1) is 0 Å². The van der Waals surface area contributed by atoms with Gasteiger partial charge >= 0.3 is 0 Å². The largest absolute Gasteiger partial charge is 0.313 e. The smallest absolute Gasteiger partial charge is 0.00788 e. The molecule has 0 aromatic heterocycles. The molecule has 1 heteroatoms. The van der Waals surface area contributed by atoms with Crippen LogP contribution < -0.4 is 0 Å². The lowest BCUT2D eigenvalue weighted by Crippen LogP contribution is -1.78. The molecule has 1 aromatic carbocycles. The Morgan fingerprint density at radius 2 is 1.08 bits per heavy atom. The van der Waals surface area contributed by atoms with E-state index >= 15 is 0 Å². The Morgan fingerprint density at radius 3 is 1.25 bits per heavy atom. The minimum Gasteiger partial charge on any atom is -0.313 e. The Hall–Kier alpha value is -1.11. The first kappa shape index (κ1) is 10.9. The molecule has 0 aliphatic rings. The number of benzene rings is 1. The highest BCUT2D eigenvalue weighted by Crippen LogP contribution is 2.06. The zero-order valence-electron chi connectivity index (χ0n) is 8.31. The van der Waals surface area contributed by atoms with Crippen LogP contribution in [-0.4, -0.2) is 6.21 Å². The van der Waals surface area contributed by atoms with E-state index in [0.717, 1.165) is 0 Å². The van der Waals surface area contributed by atoms with Gasteiger partial charge in [0.05, 0.1) is 0 Å². The summed E-state index contributed by atoms with van der Waals surface area (Å²) in [5.41, 5.74) is 4.06. The van der Waals surface area contributed by atoms with E-state index in [1.165, 1.54) is 22.9 Å². The highest BCUT2D eigenvalue weighted by molar-refractivity contribution is 5.48. The van der Waals surface area contributed by atoms with E-state index in [9.17, 15) is 0 Å². The highest BCUT2D eigenvalue weighted by atomic mass is 14.3. The van der Waals surface area contributed by atoms with Crippen molar-refractivity contribution in [2.24, 2.45) is 0 Å². The zero-order valence-corrected chi connectivity index (χ0v) is 8.31. The molecule has 1 rings (SSSR count). The summed E-state index contributed by atoms with van der Waals surface area (Å²) < 4.78 is 0. The average Bonchev–Trinajstić information content (AvgIpc) is 1.84. The maximum Gasteiger partial charge on any atom is -0.00788 e. The first-order valence-electron chi connectivity index (χ1n) is 4.10. The minimum absolute atomic E-state index is 1.25. The van der Waals surface area contributed by atoms with Crippen LogP contribution in [0.4, 0.5) is 0 Å². The van der Waals surface area contributed by atoms with Crippen LogP contribution in [-0.2, 0) is 0 Å². The van der Waals surface area contributed by atoms with Crippen LogP contribution in [0, 0.1) is 26.2 Å². The lowest BCUT2D eigenvalue weighted by molar-refractivity contribution is 1.32. The second-order valence-corrected chi connectivity index (χ2v) is 2.95. The van der Waals surface area contributed by atoms with E-state index in [2.05, 4.69) is 39.0 Å². The predicted molar refractivity (Wildman–Crippen MR) is 55.1 cm³/mol. The second-order valence-electron chi connectivity index (χ2n) is 2.95. The third-order valence-electron chi connectivity index (χ3n) is 1.37. The minimum atomic E-state index is 1.25. The SMILES string of the molecule is CC=N.Cc1cc(C)cc(C)c1. The molecule has 0 fully saturated rings. The number of nitrogens with one attached hydrogen (secondary N) is 1. The van der Waals surface area contributed by atoms with Crippen molar-refractivity contribution in [3.05, 3.63) is 34.9 Å². The van der Waals surface area contributed by atoms with Gasteiger partial charge in [-0.3, -0.25) is 0 Å². The van der Waals surface area contributed by atoms with Crippen LogP contribution in [0.3, 0.4) is 0 Å². The highest BCUT2D eigenvalue weighted by Gasteiger charge is 1.87. The van der Waals surface area contributed by atoms with E-state index in [-0.39, 0.29) is 0 Å². The van der Waals surface area contributed by atoms with Crippen molar-refractivity contribution in [2.45, 2.75) is 27.7 Å². The molecule has 0 amide bonds.